The topological polar surface area (TPSA) is 75.4 Å². The third-order valence-corrected chi connectivity index (χ3v) is 4.89. The maximum absolute atomic E-state index is 13.0. The van der Waals surface area contributed by atoms with Gasteiger partial charge in [-0.15, -0.1) is 0 Å². The molecule has 0 saturated carbocycles. The molecule has 3 unspecified atom stereocenters. The van der Waals surface area contributed by atoms with Crippen molar-refractivity contribution in [2.75, 3.05) is 13.1 Å². The SMILES string of the molecule is Cc1ccccc1C(=O)NC(C(=O)N1CC(CN)CC1C)C(C)C. The highest BCUT2D eigenvalue weighted by molar-refractivity contribution is 5.98. The van der Waals surface area contributed by atoms with E-state index in [4.69, 9.17) is 5.73 Å². The monoisotopic (exact) mass is 331 g/mol. The summed E-state index contributed by atoms with van der Waals surface area (Å²) in [5, 5.41) is 2.94. The lowest BCUT2D eigenvalue weighted by molar-refractivity contribution is -0.135. The Morgan fingerprint density at radius 1 is 1.33 bits per heavy atom. The molecule has 1 saturated heterocycles. The second-order valence-electron chi connectivity index (χ2n) is 7.19. The van der Waals surface area contributed by atoms with Crippen LogP contribution in [0, 0.1) is 18.8 Å². The minimum Gasteiger partial charge on any atom is -0.340 e. The number of carbonyl (C=O) groups is 2. The van der Waals surface area contributed by atoms with Crippen LogP contribution >= 0.6 is 0 Å². The second-order valence-corrected chi connectivity index (χ2v) is 7.19. The van der Waals surface area contributed by atoms with Crippen molar-refractivity contribution in [2.45, 2.75) is 46.2 Å². The molecule has 1 aromatic rings. The Hall–Kier alpha value is -1.88. The number of amides is 2. The van der Waals surface area contributed by atoms with Crippen molar-refractivity contribution in [3.8, 4) is 0 Å². The van der Waals surface area contributed by atoms with E-state index in [1.165, 1.54) is 0 Å². The van der Waals surface area contributed by atoms with Gasteiger partial charge in [0, 0.05) is 18.2 Å². The van der Waals surface area contributed by atoms with E-state index in [-0.39, 0.29) is 23.8 Å². The van der Waals surface area contributed by atoms with Crippen molar-refractivity contribution in [2.24, 2.45) is 17.6 Å². The van der Waals surface area contributed by atoms with Gasteiger partial charge in [-0.1, -0.05) is 32.0 Å². The van der Waals surface area contributed by atoms with E-state index >= 15 is 0 Å². The van der Waals surface area contributed by atoms with Crippen LogP contribution in [0.4, 0.5) is 0 Å². The zero-order valence-corrected chi connectivity index (χ0v) is 15.1. The fourth-order valence-electron chi connectivity index (χ4n) is 3.36. The fraction of sp³-hybridized carbons (Fsp3) is 0.579. The second kappa shape index (κ2) is 7.79. The molecule has 0 spiro atoms. The molecule has 5 nitrogen and oxygen atoms in total. The lowest BCUT2D eigenvalue weighted by atomic mass is 10.0. The number of aryl methyl sites for hydroxylation is 1. The Bertz CT molecular complexity index is 600. The number of nitrogens with one attached hydrogen (secondary N) is 1. The van der Waals surface area contributed by atoms with Gasteiger partial charge in [0.1, 0.15) is 6.04 Å². The molecule has 1 aliphatic heterocycles. The first-order valence-corrected chi connectivity index (χ1v) is 8.72. The Kier molecular flexibility index (Phi) is 5.99. The highest BCUT2D eigenvalue weighted by Gasteiger charge is 2.36. The number of hydrogen-bond donors (Lipinski definition) is 2. The van der Waals surface area contributed by atoms with E-state index in [0.717, 1.165) is 12.0 Å². The average Bonchev–Trinajstić information content (AvgIpc) is 2.93. The van der Waals surface area contributed by atoms with Gasteiger partial charge in [-0.25, -0.2) is 0 Å². The first kappa shape index (κ1) is 18.5. The van der Waals surface area contributed by atoms with Gasteiger partial charge in [0.25, 0.3) is 5.91 Å². The summed E-state index contributed by atoms with van der Waals surface area (Å²) >= 11 is 0. The van der Waals surface area contributed by atoms with Crippen molar-refractivity contribution in [3.63, 3.8) is 0 Å². The van der Waals surface area contributed by atoms with E-state index in [1.54, 1.807) is 6.07 Å². The van der Waals surface area contributed by atoms with Gasteiger partial charge in [0.05, 0.1) is 0 Å². The number of carbonyl (C=O) groups excluding carboxylic acids is 2. The highest BCUT2D eigenvalue weighted by atomic mass is 16.2. The molecule has 0 radical (unpaired) electrons. The van der Waals surface area contributed by atoms with Crippen molar-refractivity contribution < 1.29 is 9.59 Å². The van der Waals surface area contributed by atoms with Crippen LogP contribution in [-0.2, 0) is 4.79 Å². The van der Waals surface area contributed by atoms with E-state index in [2.05, 4.69) is 5.32 Å². The van der Waals surface area contributed by atoms with Gasteiger partial charge in [0.15, 0.2) is 0 Å². The Balaban J connectivity index is 2.13. The maximum atomic E-state index is 13.0. The summed E-state index contributed by atoms with van der Waals surface area (Å²) in [6.45, 7) is 9.14. The maximum Gasteiger partial charge on any atom is 0.252 e. The molecule has 1 aromatic carbocycles. The van der Waals surface area contributed by atoms with Gasteiger partial charge < -0.3 is 16.0 Å². The lowest BCUT2D eigenvalue weighted by Gasteiger charge is -2.29. The third-order valence-electron chi connectivity index (χ3n) is 4.89. The van der Waals surface area contributed by atoms with Crippen molar-refractivity contribution in [1.82, 2.24) is 10.2 Å². The number of nitrogens with zero attached hydrogens (tertiary/aromatic N) is 1. The molecule has 1 heterocycles. The molecule has 3 atom stereocenters. The first-order chi connectivity index (χ1) is 11.3. The van der Waals surface area contributed by atoms with E-state index in [1.807, 2.05) is 50.8 Å². The number of hydrogen-bond acceptors (Lipinski definition) is 3. The van der Waals surface area contributed by atoms with Crippen molar-refractivity contribution in [1.29, 1.82) is 0 Å². The van der Waals surface area contributed by atoms with Crippen LogP contribution in [0.2, 0.25) is 0 Å². The standard InChI is InChI=1S/C19H29N3O2/c1-12(2)17(19(24)22-11-15(10-20)9-14(22)4)21-18(23)16-8-6-5-7-13(16)3/h5-8,12,14-15,17H,9-11,20H2,1-4H3,(H,21,23). The zero-order valence-electron chi connectivity index (χ0n) is 15.1. The summed E-state index contributed by atoms with van der Waals surface area (Å²) in [4.78, 5) is 27.5. The number of rotatable bonds is 5. The Morgan fingerprint density at radius 2 is 2.00 bits per heavy atom. The van der Waals surface area contributed by atoms with Gasteiger partial charge in [-0.05, 0) is 50.3 Å². The molecule has 1 fully saturated rings. The van der Waals surface area contributed by atoms with Crippen LogP contribution in [0.3, 0.4) is 0 Å². The molecular formula is C19H29N3O2. The van der Waals surface area contributed by atoms with Crippen LogP contribution < -0.4 is 11.1 Å². The van der Waals surface area contributed by atoms with Gasteiger partial charge in [-0.3, -0.25) is 9.59 Å². The number of benzene rings is 1. The fourth-order valence-corrected chi connectivity index (χ4v) is 3.36. The Labute approximate surface area is 144 Å². The van der Waals surface area contributed by atoms with E-state index in [0.29, 0.717) is 24.6 Å². The van der Waals surface area contributed by atoms with E-state index in [9.17, 15) is 9.59 Å². The molecule has 1 aliphatic rings. The summed E-state index contributed by atoms with van der Waals surface area (Å²) in [5.74, 6) is 0.177. The molecule has 2 amide bonds. The quantitative estimate of drug-likeness (QED) is 0.866. The minimum absolute atomic E-state index is 0.00427. The average molecular weight is 331 g/mol. The number of likely N-dealkylation sites (tertiary alicyclic amines) is 1. The Morgan fingerprint density at radius 3 is 2.54 bits per heavy atom. The number of nitrogens with two attached hydrogens (primary N) is 1. The normalized spacial score (nSPS) is 21.8. The molecular weight excluding hydrogens is 302 g/mol. The summed E-state index contributed by atoms with van der Waals surface area (Å²) < 4.78 is 0. The molecule has 0 aromatic heterocycles. The lowest BCUT2D eigenvalue weighted by Crippen LogP contribution is -2.52. The van der Waals surface area contributed by atoms with E-state index < -0.39 is 6.04 Å². The highest BCUT2D eigenvalue weighted by Crippen LogP contribution is 2.24. The van der Waals surface area contributed by atoms with Crippen LogP contribution in [0.5, 0.6) is 0 Å². The summed E-state index contributed by atoms with van der Waals surface area (Å²) in [7, 11) is 0. The van der Waals surface area contributed by atoms with Crippen molar-refractivity contribution >= 4 is 11.8 Å². The third kappa shape index (κ3) is 3.96. The van der Waals surface area contributed by atoms with Gasteiger partial charge >= 0.3 is 0 Å². The van der Waals surface area contributed by atoms with Crippen LogP contribution in [0.1, 0.15) is 43.1 Å². The molecule has 24 heavy (non-hydrogen) atoms. The van der Waals surface area contributed by atoms with Crippen LogP contribution in [0.25, 0.3) is 0 Å². The van der Waals surface area contributed by atoms with Gasteiger partial charge in [-0.2, -0.15) is 0 Å². The smallest absolute Gasteiger partial charge is 0.252 e. The zero-order chi connectivity index (χ0) is 17.9. The molecule has 5 heteroatoms. The molecule has 0 bridgehead atoms. The molecule has 2 rings (SSSR count). The first-order valence-electron chi connectivity index (χ1n) is 8.72. The summed E-state index contributed by atoms with van der Waals surface area (Å²) in [6, 6.07) is 7.07. The largest absolute Gasteiger partial charge is 0.340 e. The summed E-state index contributed by atoms with van der Waals surface area (Å²) in [6.07, 6.45) is 0.929. The molecule has 132 valence electrons. The minimum atomic E-state index is -0.518. The van der Waals surface area contributed by atoms with Crippen molar-refractivity contribution in [3.05, 3.63) is 35.4 Å². The van der Waals surface area contributed by atoms with Crippen LogP contribution in [-0.4, -0.2) is 41.9 Å². The predicted molar refractivity (Wildman–Crippen MR) is 95.6 cm³/mol. The van der Waals surface area contributed by atoms with Crippen LogP contribution in [0.15, 0.2) is 24.3 Å². The molecule has 3 N–H and O–H groups in total. The predicted octanol–water partition coefficient (Wildman–Crippen LogP) is 1.95. The molecule has 0 aliphatic carbocycles. The summed E-state index contributed by atoms with van der Waals surface area (Å²) in [5.41, 5.74) is 7.28. The van der Waals surface area contributed by atoms with Gasteiger partial charge in [0.2, 0.25) is 5.91 Å².